The predicted octanol–water partition coefficient (Wildman–Crippen LogP) is 1.61. The number of ether oxygens (including phenoxy) is 1. The maximum Gasteiger partial charge on any atom is 0.227 e. The monoisotopic (exact) mass is 263 g/mol. The van der Waals surface area contributed by atoms with Gasteiger partial charge in [0.25, 0.3) is 0 Å². The lowest BCUT2D eigenvalue weighted by Crippen LogP contribution is -2.42. The summed E-state index contributed by atoms with van der Waals surface area (Å²) in [5, 5.41) is 9.58. The van der Waals surface area contributed by atoms with Crippen molar-refractivity contribution in [3.8, 4) is 5.75 Å². The molecule has 1 fully saturated rings. The topological polar surface area (TPSA) is 49.8 Å². The number of hydrogen-bond donors (Lipinski definition) is 1. The van der Waals surface area contributed by atoms with Gasteiger partial charge in [-0.2, -0.15) is 0 Å². The molecule has 1 atom stereocenters. The molecule has 19 heavy (non-hydrogen) atoms. The van der Waals surface area contributed by atoms with E-state index in [1.54, 1.807) is 4.90 Å². The van der Waals surface area contributed by atoms with E-state index in [-0.39, 0.29) is 12.0 Å². The Kier molecular flexibility index (Phi) is 4.80. The summed E-state index contributed by atoms with van der Waals surface area (Å²) in [7, 11) is 0. The molecule has 1 saturated heterocycles. The highest BCUT2D eigenvalue weighted by Gasteiger charge is 2.21. The molecule has 1 heterocycles. The number of hydrogen-bond acceptors (Lipinski definition) is 3. The van der Waals surface area contributed by atoms with Gasteiger partial charge in [0, 0.05) is 13.1 Å². The highest BCUT2D eigenvalue weighted by Crippen LogP contribution is 2.15. The molecule has 1 aromatic rings. The normalized spacial score (nSPS) is 19.3. The average Bonchev–Trinajstić information content (AvgIpc) is 2.41. The Balaban J connectivity index is 1.90. The van der Waals surface area contributed by atoms with Crippen molar-refractivity contribution in [2.75, 3.05) is 19.7 Å². The van der Waals surface area contributed by atoms with Crippen LogP contribution in [0.4, 0.5) is 0 Å². The van der Waals surface area contributed by atoms with Gasteiger partial charge in [0.1, 0.15) is 5.75 Å². The van der Waals surface area contributed by atoms with Gasteiger partial charge >= 0.3 is 0 Å². The van der Waals surface area contributed by atoms with Gasteiger partial charge in [0.2, 0.25) is 5.91 Å². The summed E-state index contributed by atoms with van der Waals surface area (Å²) in [6.07, 6.45) is 1.71. The Bertz CT molecular complexity index is 416. The number of aliphatic hydroxyl groups excluding tert-OH is 1. The summed E-state index contributed by atoms with van der Waals surface area (Å²) in [6.45, 7) is 3.81. The molecule has 0 radical (unpaired) electrons. The Hall–Kier alpha value is -1.55. The molecule has 0 bridgehead atoms. The minimum absolute atomic E-state index is 0.0860. The fraction of sp³-hybridized carbons (Fsp3) is 0.533. The summed E-state index contributed by atoms with van der Waals surface area (Å²) < 4.78 is 5.37. The number of carbonyl (C=O) groups is 1. The molecule has 4 nitrogen and oxygen atoms in total. The molecule has 0 spiro atoms. The first-order chi connectivity index (χ1) is 9.19. The lowest BCUT2D eigenvalue weighted by Gasteiger charge is -2.30. The maximum atomic E-state index is 12.1. The van der Waals surface area contributed by atoms with Crippen molar-refractivity contribution in [3.05, 3.63) is 29.8 Å². The number of aliphatic hydroxyl groups is 1. The van der Waals surface area contributed by atoms with Gasteiger partial charge in [0.05, 0.1) is 19.1 Å². The van der Waals surface area contributed by atoms with E-state index in [1.807, 2.05) is 31.2 Å². The molecule has 4 heteroatoms. The summed E-state index contributed by atoms with van der Waals surface area (Å²) >= 11 is 0. The lowest BCUT2D eigenvalue weighted by molar-refractivity contribution is -0.133. The van der Waals surface area contributed by atoms with Crippen LogP contribution in [0.25, 0.3) is 0 Å². The van der Waals surface area contributed by atoms with Crippen molar-refractivity contribution in [2.24, 2.45) is 0 Å². The number of piperidine rings is 1. The molecule has 1 aliphatic rings. The first-order valence-electron chi connectivity index (χ1n) is 6.86. The van der Waals surface area contributed by atoms with Crippen LogP contribution in [0.1, 0.15) is 25.3 Å². The molecular formula is C15H21NO3. The van der Waals surface area contributed by atoms with Crippen LogP contribution in [0, 0.1) is 0 Å². The van der Waals surface area contributed by atoms with Crippen molar-refractivity contribution in [3.63, 3.8) is 0 Å². The van der Waals surface area contributed by atoms with E-state index in [9.17, 15) is 9.90 Å². The molecule has 0 aliphatic carbocycles. The molecule has 1 aliphatic heterocycles. The van der Waals surface area contributed by atoms with Crippen LogP contribution < -0.4 is 4.74 Å². The van der Waals surface area contributed by atoms with E-state index in [2.05, 4.69) is 0 Å². The van der Waals surface area contributed by atoms with E-state index in [0.717, 1.165) is 30.7 Å². The first-order valence-corrected chi connectivity index (χ1v) is 6.86. The van der Waals surface area contributed by atoms with E-state index in [0.29, 0.717) is 19.6 Å². The third-order valence-electron chi connectivity index (χ3n) is 3.34. The van der Waals surface area contributed by atoms with E-state index in [1.165, 1.54) is 0 Å². The maximum absolute atomic E-state index is 12.1. The SMILES string of the molecule is CCOc1ccc(CC(=O)N2CCC[C@H](O)C2)cc1. The molecular weight excluding hydrogens is 242 g/mol. The second kappa shape index (κ2) is 6.57. The van der Waals surface area contributed by atoms with E-state index in [4.69, 9.17) is 4.74 Å². The number of rotatable bonds is 4. The van der Waals surface area contributed by atoms with Crippen LogP contribution in [-0.4, -0.2) is 41.7 Å². The van der Waals surface area contributed by atoms with Gasteiger partial charge in [-0.25, -0.2) is 0 Å². The van der Waals surface area contributed by atoms with Crippen LogP contribution in [0.2, 0.25) is 0 Å². The zero-order valence-electron chi connectivity index (χ0n) is 11.3. The molecule has 104 valence electrons. The second-order valence-corrected chi connectivity index (χ2v) is 4.89. The van der Waals surface area contributed by atoms with E-state index < -0.39 is 0 Å². The Morgan fingerprint density at radius 3 is 2.79 bits per heavy atom. The fourth-order valence-electron chi connectivity index (χ4n) is 2.34. The van der Waals surface area contributed by atoms with Gasteiger partial charge in [-0.05, 0) is 37.5 Å². The van der Waals surface area contributed by atoms with Gasteiger partial charge in [-0.15, -0.1) is 0 Å². The number of likely N-dealkylation sites (tertiary alicyclic amines) is 1. The molecule has 0 unspecified atom stereocenters. The van der Waals surface area contributed by atoms with Gasteiger partial charge in [0.15, 0.2) is 0 Å². The third kappa shape index (κ3) is 3.96. The van der Waals surface area contributed by atoms with Gasteiger partial charge in [-0.1, -0.05) is 12.1 Å². The predicted molar refractivity (Wildman–Crippen MR) is 73.1 cm³/mol. The molecule has 1 aromatic carbocycles. The summed E-state index contributed by atoms with van der Waals surface area (Å²) in [4.78, 5) is 13.9. The van der Waals surface area contributed by atoms with E-state index >= 15 is 0 Å². The Morgan fingerprint density at radius 2 is 2.16 bits per heavy atom. The zero-order valence-corrected chi connectivity index (χ0v) is 11.3. The highest BCUT2D eigenvalue weighted by atomic mass is 16.5. The van der Waals surface area contributed by atoms with Crippen molar-refractivity contribution >= 4 is 5.91 Å². The summed E-state index contributed by atoms with van der Waals surface area (Å²) in [5.41, 5.74) is 0.980. The van der Waals surface area contributed by atoms with Gasteiger partial charge in [-0.3, -0.25) is 4.79 Å². The Labute approximate surface area is 114 Å². The first kappa shape index (κ1) is 13.9. The van der Waals surface area contributed by atoms with Crippen molar-refractivity contribution in [1.29, 1.82) is 0 Å². The molecule has 2 rings (SSSR count). The standard InChI is InChI=1S/C15H21NO3/c1-2-19-14-7-5-12(6-8-14)10-15(18)16-9-3-4-13(17)11-16/h5-8,13,17H,2-4,9-11H2,1H3/t13-/m0/s1. The number of amides is 1. The number of β-amino-alcohol motifs (C(OH)–C–C–N with tert-alkyl or cyclic N) is 1. The van der Waals surface area contributed by atoms with Gasteiger partial charge < -0.3 is 14.7 Å². The Morgan fingerprint density at radius 1 is 1.42 bits per heavy atom. The van der Waals surface area contributed by atoms with Crippen molar-refractivity contribution in [1.82, 2.24) is 4.90 Å². The third-order valence-corrected chi connectivity index (χ3v) is 3.34. The minimum Gasteiger partial charge on any atom is -0.494 e. The van der Waals surface area contributed by atoms with Crippen LogP contribution in [0.3, 0.4) is 0 Å². The van der Waals surface area contributed by atoms with Crippen LogP contribution >= 0.6 is 0 Å². The smallest absolute Gasteiger partial charge is 0.227 e. The van der Waals surface area contributed by atoms with Crippen LogP contribution in [0.15, 0.2) is 24.3 Å². The molecule has 0 saturated carbocycles. The van der Waals surface area contributed by atoms with Crippen molar-refractivity contribution in [2.45, 2.75) is 32.3 Å². The molecule has 1 amide bonds. The number of benzene rings is 1. The lowest BCUT2D eigenvalue weighted by atomic mass is 10.1. The second-order valence-electron chi connectivity index (χ2n) is 4.89. The largest absolute Gasteiger partial charge is 0.494 e. The fourth-order valence-corrected chi connectivity index (χ4v) is 2.34. The number of nitrogens with zero attached hydrogens (tertiary/aromatic N) is 1. The minimum atomic E-state index is -0.363. The highest BCUT2D eigenvalue weighted by molar-refractivity contribution is 5.79. The quantitative estimate of drug-likeness (QED) is 0.898. The molecule has 0 aromatic heterocycles. The van der Waals surface area contributed by atoms with Crippen LogP contribution in [0.5, 0.6) is 5.75 Å². The zero-order chi connectivity index (χ0) is 13.7. The summed E-state index contributed by atoms with van der Waals surface area (Å²) in [5.74, 6) is 0.912. The average molecular weight is 263 g/mol. The number of carbonyl (C=O) groups excluding carboxylic acids is 1. The van der Waals surface area contributed by atoms with Crippen molar-refractivity contribution < 1.29 is 14.6 Å². The summed E-state index contributed by atoms with van der Waals surface area (Å²) in [6, 6.07) is 7.61. The van der Waals surface area contributed by atoms with Crippen LogP contribution in [-0.2, 0) is 11.2 Å². The molecule has 1 N–H and O–H groups in total.